The third kappa shape index (κ3) is 5.05. The average Bonchev–Trinajstić information content (AvgIpc) is 2.84. The molecular formula is C15H25N3O2S. The second-order valence-electron chi connectivity index (χ2n) is 5.77. The van der Waals surface area contributed by atoms with Crippen LogP contribution in [-0.2, 0) is 22.5 Å². The van der Waals surface area contributed by atoms with Crippen molar-refractivity contribution in [3.63, 3.8) is 0 Å². The molecule has 0 atom stereocenters. The molecule has 0 aliphatic carbocycles. The molecule has 0 saturated heterocycles. The number of carbonyl (C=O) groups is 1. The van der Waals surface area contributed by atoms with E-state index in [1.165, 1.54) is 4.88 Å². The molecular weight excluding hydrogens is 286 g/mol. The minimum absolute atomic E-state index is 0.0165. The number of aromatic nitrogens is 1. The molecule has 21 heavy (non-hydrogen) atoms. The molecule has 1 aromatic heterocycles. The number of hydrogen-bond acceptors (Lipinski definition) is 5. The highest BCUT2D eigenvalue weighted by atomic mass is 32.1. The Balaban J connectivity index is 1.78. The second-order valence-corrected chi connectivity index (χ2v) is 6.86. The number of rotatable bonds is 7. The zero-order chi connectivity index (χ0) is 15.2. The van der Waals surface area contributed by atoms with Gasteiger partial charge in [-0.25, -0.2) is 4.98 Å². The lowest BCUT2D eigenvalue weighted by atomic mass is 10.2. The molecule has 0 fully saturated rings. The number of carbonyl (C=O) groups excluding carboxylic acids is 1. The zero-order valence-corrected chi connectivity index (χ0v) is 14.0. The van der Waals surface area contributed by atoms with Crippen molar-refractivity contribution in [3.05, 3.63) is 10.6 Å². The summed E-state index contributed by atoms with van der Waals surface area (Å²) in [6.07, 6.45) is 1.37. The first-order chi connectivity index (χ1) is 10.1. The summed E-state index contributed by atoms with van der Waals surface area (Å²) in [6.45, 7) is 10.6. The number of thiazole rings is 1. The van der Waals surface area contributed by atoms with Crippen LogP contribution in [0.1, 0.15) is 37.8 Å². The van der Waals surface area contributed by atoms with Gasteiger partial charge in [0.2, 0.25) is 5.91 Å². The van der Waals surface area contributed by atoms with E-state index in [-0.39, 0.29) is 5.91 Å². The Kier molecular flexibility index (Phi) is 6.14. The maximum absolute atomic E-state index is 11.9. The van der Waals surface area contributed by atoms with E-state index >= 15 is 0 Å². The van der Waals surface area contributed by atoms with Gasteiger partial charge in [0, 0.05) is 31.0 Å². The molecule has 118 valence electrons. The van der Waals surface area contributed by atoms with Crippen LogP contribution >= 0.6 is 11.3 Å². The van der Waals surface area contributed by atoms with E-state index in [9.17, 15) is 4.79 Å². The SMILES string of the molecule is CCN1CCc2nc(NC(=O)CCOCC(C)C)sc2C1. The van der Waals surface area contributed by atoms with E-state index in [0.717, 1.165) is 36.9 Å². The van der Waals surface area contributed by atoms with E-state index in [1.54, 1.807) is 11.3 Å². The van der Waals surface area contributed by atoms with Crippen LogP contribution in [0, 0.1) is 5.92 Å². The third-order valence-corrected chi connectivity index (χ3v) is 4.43. The molecule has 0 unspecified atom stereocenters. The van der Waals surface area contributed by atoms with Crippen LogP contribution in [0.4, 0.5) is 5.13 Å². The highest BCUT2D eigenvalue weighted by molar-refractivity contribution is 7.15. The number of fused-ring (bicyclic) bond motifs is 1. The maximum Gasteiger partial charge on any atom is 0.228 e. The molecule has 1 amide bonds. The summed E-state index contributed by atoms with van der Waals surface area (Å²) in [7, 11) is 0. The van der Waals surface area contributed by atoms with Gasteiger partial charge in [-0.05, 0) is 12.5 Å². The fraction of sp³-hybridized carbons (Fsp3) is 0.733. The van der Waals surface area contributed by atoms with Crippen molar-refractivity contribution in [1.82, 2.24) is 9.88 Å². The summed E-state index contributed by atoms with van der Waals surface area (Å²) >= 11 is 1.60. The Morgan fingerprint density at radius 3 is 3.05 bits per heavy atom. The van der Waals surface area contributed by atoms with Crippen molar-refractivity contribution in [2.24, 2.45) is 5.92 Å². The Hall–Kier alpha value is -0.980. The smallest absolute Gasteiger partial charge is 0.228 e. The van der Waals surface area contributed by atoms with Gasteiger partial charge in [0.25, 0.3) is 0 Å². The Bertz CT molecular complexity index is 473. The van der Waals surface area contributed by atoms with Crippen LogP contribution in [0.3, 0.4) is 0 Å². The molecule has 5 nitrogen and oxygen atoms in total. The molecule has 1 aliphatic heterocycles. The molecule has 0 aromatic carbocycles. The number of anilines is 1. The van der Waals surface area contributed by atoms with Crippen LogP contribution in [-0.4, -0.2) is 42.1 Å². The van der Waals surface area contributed by atoms with Crippen LogP contribution < -0.4 is 5.32 Å². The van der Waals surface area contributed by atoms with Gasteiger partial charge in [-0.2, -0.15) is 0 Å². The molecule has 0 spiro atoms. The topological polar surface area (TPSA) is 54.5 Å². The summed E-state index contributed by atoms with van der Waals surface area (Å²) in [4.78, 5) is 20.1. The van der Waals surface area contributed by atoms with Gasteiger partial charge in [0.1, 0.15) is 0 Å². The number of ether oxygens (including phenoxy) is 1. The van der Waals surface area contributed by atoms with Crippen molar-refractivity contribution >= 4 is 22.4 Å². The summed E-state index contributed by atoms with van der Waals surface area (Å²) in [6, 6.07) is 0. The quantitative estimate of drug-likeness (QED) is 0.786. The minimum atomic E-state index is -0.0165. The monoisotopic (exact) mass is 311 g/mol. The fourth-order valence-corrected chi connectivity index (χ4v) is 3.30. The van der Waals surface area contributed by atoms with E-state index in [4.69, 9.17) is 4.74 Å². The van der Waals surface area contributed by atoms with Crippen molar-refractivity contribution < 1.29 is 9.53 Å². The summed E-state index contributed by atoms with van der Waals surface area (Å²) in [5, 5.41) is 3.62. The molecule has 2 rings (SSSR count). The Labute approximate surface area is 130 Å². The van der Waals surface area contributed by atoms with E-state index in [1.807, 2.05) is 0 Å². The lowest BCUT2D eigenvalue weighted by molar-refractivity contribution is -0.117. The minimum Gasteiger partial charge on any atom is -0.381 e. The highest BCUT2D eigenvalue weighted by Gasteiger charge is 2.20. The number of hydrogen-bond donors (Lipinski definition) is 1. The first kappa shape index (κ1) is 16.4. The first-order valence-electron chi connectivity index (χ1n) is 7.67. The van der Waals surface area contributed by atoms with E-state index < -0.39 is 0 Å². The predicted octanol–water partition coefficient (Wildman–Crippen LogP) is 2.52. The molecule has 1 aromatic rings. The number of amides is 1. The van der Waals surface area contributed by atoms with Gasteiger partial charge in [-0.1, -0.05) is 20.8 Å². The molecule has 1 N–H and O–H groups in total. The molecule has 0 saturated carbocycles. The molecule has 1 aliphatic rings. The van der Waals surface area contributed by atoms with Crippen molar-refractivity contribution in [2.45, 2.75) is 40.2 Å². The zero-order valence-electron chi connectivity index (χ0n) is 13.1. The van der Waals surface area contributed by atoms with Gasteiger partial charge < -0.3 is 10.1 Å². The van der Waals surface area contributed by atoms with Gasteiger partial charge in [-0.3, -0.25) is 9.69 Å². The second kappa shape index (κ2) is 7.87. The number of likely N-dealkylation sites (N-methyl/N-ethyl adjacent to an activating group) is 1. The first-order valence-corrected chi connectivity index (χ1v) is 8.48. The fourth-order valence-electron chi connectivity index (χ4n) is 2.24. The predicted molar refractivity (Wildman–Crippen MR) is 85.7 cm³/mol. The molecule has 2 heterocycles. The van der Waals surface area contributed by atoms with Gasteiger partial charge >= 0.3 is 0 Å². The molecule has 6 heteroatoms. The van der Waals surface area contributed by atoms with Gasteiger partial charge in [0.05, 0.1) is 18.7 Å². The maximum atomic E-state index is 11.9. The Morgan fingerprint density at radius 1 is 1.52 bits per heavy atom. The van der Waals surface area contributed by atoms with Crippen molar-refractivity contribution in [2.75, 3.05) is 31.6 Å². The standard InChI is InChI=1S/C15H25N3O2S/c1-4-18-7-5-12-13(9-18)21-15(16-12)17-14(19)6-8-20-10-11(2)3/h11H,4-10H2,1-3H3,(H,16,17,19). The van der Waals surface area contributed by atoms with Gasteiger partial charge in [0.15, 0.2) is 5.13 Å². The van der Waals surface area contributed by atoms with E-state index in [0.29, 0.717) is 25.6 Å². The van der Waals surface area contributed by atoms with E-state index in [2.05, 4.69) is 36.0 Å². The van der Waals surface area contributed by atoms with Crippen LogP contribution in [0.15, 0.2) is 0 Å². The lowest BCUT2D eigenvalue weighted by Crippen LogP contribution is -2.29. The lowest BCUT2D eigenvalue weighted by Gasteiger charge is -2.23. The van der Waals surface area contributed by atoms with Crippen LogP contribution in [0.2, 0.25) is 0 Å². The third-order valence-electron chi connectivity index (χ3n) is 3.43. The van der Waals surface area contributed by atoms with Crippen molar-refractivity contribution in [3.8, 4) is 0 Å². The molecule has 0 bridgehead atoms. The summed E-state index contributed by atoms with van der Waals surface area (Å²) < 4.78 is 5.43. The van der Waals surface area contributed by atoms with Crippen molar-refractivity contribution in [1.29, 1.82) is 0 Å². The number of nitrogens with zero attached hydrogens (tertiary/aromatic N) is 2. The molecule has 0 radical (unpaired) electrons. The number of nitrogens with one attached hydrogen (secondary N) is 1. The van der Waals surface area contributed by atoms with Gasteiger partial charge in [-0.15, -0.1) is 11.3 Å². The largest absolute Gasteiger partial charge is 0.381 e. The summed E-state index contributed by atoms with van der Waals surface area (Å²) in [5.41, 5.74) is 1.15. The summed E-state index contributed by atoms with van der Waals surface area (Å²) in [5.74, 6) is 0.484. The normalized spacial score (nSPS) is 15.2. The van der Waals surface area contributed by atoms with Crippen LogP contribution in [0.5, 0.6) is 0 Å². The average molecular weight is 311 g/mol. The Morgan fingerprint density at radius 2 is 2.33 bits per heavy atom. The highest BCUT2D eigenvalue weighted by Crippen LogP contribution is 2.28. The van der Waals surface area contributed by atoms with Crippen LogP contribution in [0.25, 0.3) is 0 Å².